The first-order valence-corrected chi connectivity index (χ1v) is 7.36. The van der Waals surface area contributed by atoms with Gasteiger partial charge in [-0.2, -0.15) is 0 Å². The summed E-state index contributed by atoms with van der Waals surface area (Å²) in [5.74, 6) is 2.26. The van der Waals surface area contributed by atoms with Crippen LogP contribution in [0.25, 0.3) is 0 Å². The smallest absolute Gasteiger partial charge is 0.129 e. The Kier molecular flexibility index (Phi) is 7.17. The molecule has 0 saturated carbocycles. The van der Waals surface area contributed by atoms with Gasteiger partial charge in [-0.25, -0.2) is 0 Å². The summed E-state index contributed by atoms with van der Waals surface area (Å²) in [4.78, 5) is 0. The summed E-state index contributed by atoms with van der Waals surface area (Å²) in [5.41, 5.74) is 1.19. The fraction of sp³-hybridized carbons (Fsp3) is 0.750. The second-order valence-corrected chi connectivity index (χ2v) is 6.20. The molecule has 0 aliphatic rings. The first-order valence-electron chi connectivity index (χ1n) is 7.36. The third-order valence-corrected chi connectivity index (χ3v) is 2.90. The van der Waals surface area contributed by atoms with Crippen LogP contribution in [0.4, 0.5) is 0 Å². The van der Waals surface area contributed by atoms with Gasteiger partial charge < -0.3 is 14.5 Å². The van der Waals surface area contributed by atoms with Crippen molar-refractivity contribution in [1.29, 1.82) is 0 Å². The normalized spacial score (nSPS) is 13.4. The molecule has 1 aromatic heterocycles. The molecule has 1 N–H and O–H groups in total. The first kappa shape index (κ1) is 16.3. The second-order valence-electron chi connectivity index (χ2n) is 6.20. The Labute approximate surface area is 117 Å². The summed E-state index contributed by atoms with van der Waals surface area (Å²) in [6.07, 6.45) is 3.19. The van der Waals surface area contributed by atoms with E-state index in [1.807, 2.05) is 6.26 Å². The summed E-state index contributed by atoms with van der Waals surface area (Å²) in [6.45, 7) is 13.4. The van der Waals surface area contributed by atoms with E-state index in [0.29, 0.717) is 18.4 Å². The topological polar surface area (TPSA) is 34.4 Å². The van der Waals surface area contributed by atoms with Crippen LogP contribution >= 0.6 is 0 Å². The zero-order chi connectivity index (χ0) is 14.3. The molecule has 1 atom stereocenters. The van der Waals surface area contributed by atoms with Crippen LogP contribution in [0.3, 0.4) is 0 Å². The molecule has 1 heterocycles. The molecule has 0 amide bonds. The number of hydrogen-bond donors (Lipinski definition) is 1. The predicted octanol–water partition coefficient (Wildman–Crippen LogP) is 3.98. The minimum atomic E-state index is 0.285. The lowest BCUT2D eigenvalue weighted by Crippen LogP contribution is -2.18. The van der Waals surface area contributed by atoms with Gasteiger partial charge in [0.1, 0.15) is 12.4 Å². The van der Waals surface area contributed by atoms with Crippen molar-refractivity contribution < 1.29 is 9.15 Å². The van der Waals surface area contributed by atoms with E-state index in [1.54, 1.807) is 0 Å². The van der Waals surface area contributed by atoms with Gasteiger partial charge in [-0.15, -0.1) is 0 Å². The van der Waals surface area contributed by atoms with Crippen molar-refractivity contribution in [3.63, 3.8) is 0 Å². The highest BCUT2D eigenvalue weighted by atomic mass is 16.5. The third kappa shape index (κ3) is 7.38. The maximum absolute atomic E-state index is 5.78. The van der Waals surface area contributed by atoms with Crippen molar-refractivity contribution in [2.75, 3.05) is 6.54 Å². The molecule has 0 spiro atoms. The molecule has 3 heteroatoms. The van der Waals surface area contributed by atoms with Crippen molar-refractivity contribution in [1.82, 2.24) is 5.32 Å². The lowest BCUT2D eigenvalue weighted by Gasteiger charge is -2.13. The number of furan rings is 1. The van der Waals surface area contributed by atoms with Gasteiger partial charge in [0.25, 0.3) is 0 Å². The lowest BCUT2D eigenvalue weighted by atomic mass is 10.1. The van der Waals surface area contributed by atoms with Crippen LogP contribution < -0.4 is 5.32 Å². The molecule has 110 valence electrons. The molecule has 19 heavy (non-hydrogen) atoms. The molecule has 1 rings (SSSR count). The van der Waals surface area contributed by atoms with Gasteiger partial charge in [-0.1, -0.05) is 27.7 Å². The van der Waals surface area contributed by atoms with Crippen molar-refractivity contribution in [3.05, 3.63) is 23.7 Å². The van der Waals surface area contributed by atoms with Crippen LogP contribution in [0.2, 0.25) is 0 Å². The number of ether oxygens (including phenoxy) is 1. The van der Waals surface area contributed by atoms with Gasteiger partial charge >= 0.3 is 0 Å². The van der Waals surface area contributed by atoms with E-state index in [-0.39, 0.29) is 6.10 Å². The average molecular weight is 267 g/mol. The van der Waals surface area contributed by atoms with Gasteiger partial charge in [-0.3, -0.25) is 0 Å². The third-order valence-electron chi connectivity index (χ3n) is 2.90. The van der Waals surface area contributed by atoms with Crippen molar-refractivity contribution in [2.45, 2.75) is 60.3 Å². The Bertz CT molecular complexity index is 344. The Morgan fingerprint density at radius 3 is 2.53 bits per heavy atom. The van der Waals surface area contributed by atoms with Crippen LogP contribution in [0.1, 0.15) is 52.4 Å². The Morgan fingerprint density at radius 1 is 1.16 bits per heavy atom. The highest BCUT2D eigenvalue weighted by Crippen LogP contribution is 2.13. The monoisotopic (exact) mass is 267 g/mol. The first-order chi connectivity index (χ1) is 8.97. The highest BCUT2D eigenvalue weighted by molar-refractivity contribution is 5.12. The molecule has 0 aromatic carbocycles. The van der Waals surface area contributed by atoms with E-state index >= 15 is 0 Å². The van der Waals surface area contributed by atoms with E-state index in [0.717, 1.165) is 25.3 Å². The molecule has 0 radical (unpaired) electrons. The van der Waals surface area contributed by atoms with Crippen LogP contribution in [-0.2, 0) is 17.9 Å². The van der Waals surface area contributed by atoms with Gasteiger partial charge in [-0.05, 0) is 37.8 Å². The molecule has 0 aliphatic heterocycles. The fourth-order valence-electron chi connectivity index (χ4n) is 2.06. The number of hydrogen-bond acceptors (Lipinski definition) is 3. The minimum absolute atomic E-state index is 0.285. The zero-order valence-corrected chi connectivity index (χ0v) is 13.0. The minimum Gasteiger partial charge on any atom is -0.467 e. The maximum Gasteiger partial charge on any atom is 0.129 e. The van der Waals surface area contributed by atoms with Gasteiger partial charge in [0.05, 0.1) is 12.4 Å². The largest absolute Gasteiger partial charge is 0.467 e. The van der Waals surface area contributed by atoms with Crippen molar-refractivity contribution >= 4 is 0 Å². The number of rotatable bonds is 9. The van der Waals surface area contributed by atoms with Crippen molar-refractivity contribution in [3.8, 4) is 0 Å². The molecule has 0 aliphatic carbocycles. The molecule has 1 unspecified atom stereocenters. The molecular weight excluding hydrogens is 238 g/mol. The summed E-state index contributed by atoms with van der Waals surface area (Å²) in [6, 6.07) is 2.08. The maximum atomic E-state index is 5.78. The van der Waals surface area contributed by atoms with Crippen molar-refractivity contribution in [2.24, 2.45) is 11.8 Å². The van der Waals surface area contributed by atoms with E-state index in [1.165, 1.54) is 5.56 Å². The van der Waals surface area contributed by atoms with E-state index in [4.69, 9.17) is 9.15 Å². The van der Waals surface area contributed by atoms with E-state index < -0.39 is 0 Å². The quantitative estimate of drug-likeness (QED) is 0.735. The average Bonchev–Trinajstić information content (AvgIpc) is 2.73. The SMILES string of the molecule is CC(C)CNCc1coc(COC(C)CC(C)C)c1. The Morgan fingerprint density at radius 2 is 1.89 bits per heavy atom. The Balaban J connectivity index is 2.26. The predicted molar refractivity (Wildman–Crippen MR) is 79.0 cm³/mol. The molecule has 0 bridgehead atoms. The second kappa shape index (κ2) is 8.39. The van der Waals surface area contributed by atoms with Crippen LogP contribution in [0, 0.1) is 11.8 Å². The molecule has 0 saturated heterocycles. The lowest BCUT2D eigenvalue weighted by molar-refractivity contribution is 0.0303. The van der Waals surface area contributed by atoms with Crippen LogP contribution in [-0.4, -0.2) is 12.6 Å². The Hall–Kier alpha value is -0.800. The molecule has 1 aromatic rings. The molecular formula is C16H29NO2. The molecule has 0 fully saturated rings. The van der Waals surface area contributed by atoms with Gasteiger partial charge in [0, 0.05) is 12.1 Å². The van der Waals surface area contributed by atoms with Crippen LogP contribution in [0.5, 0.6) is 0 Å². The van der Waals surface area contributed by atoms with E-state index in [2.05, 4.69) is 46.0 Å². The van der Waals surface area contributed by atoms with Crippen LogP contribution in [0.15, 0.2) is 16.7 Å². The zero-order valence-electron chi connectivity index (χ0n) is 13.0. The molecule has 3 nitrogen and oxygen atoms in total. The summed E-state index contributed by atoms with van der Waals surface area (Å²) < 4.78 is 11.3. The van der Waals surface area contributed by atoms with E-state index in [9.17, 15) is 0 Å². The number of nitrogens with one attached hydrogen (secondary N) is 1. The summed E-state index contributed by atoms with van der Waals surface area (Å²) >= 11 is 0. The standard InChI is InChI=1S/C16H29NO2/c1-12(2)6-14(5)18-11-16-7-15(10-19-16)9-17-8-13(3)4/h7,10,12-14,17H,6,8-9,11H2,1-5H3. The van der Waals surface area contributed by atoms with Gasteiger partial charge in [0.15, 0.2) is 0 Å². The summed E-state index contributed by atoms with van der Waals surface area (Å²) in [5, 5.41) is 3.40. The highest BCUT2D eigenvalue weighted by Gasteiger charge is 2.08. The van der Waals surface area contributed by atoms with Gasteiger partial charge in [0.2, 0.25) is 0 Å². The summed E-state index contributed by atoms with van der Waals surface area (Å²) in [7, 11) is 0. The fourth-order valence-corrected chi connectivity index (χ4v) is 2.06.